The van der Waals surface area contributed by atoms with E-state index in [4.69, 9.17) is 4.74 Å². The molecule has 0 aliphatic carbocycles. The Bertz CT molecular complexity index is 938. The summed E-state index contributed by atoms with van der Waals surface area (Å²) in [7, 11) is 0. The number of morpholine rings is 1. The zero-order valence-electron chi connectivity index (χ0n) is 15.3. The Hall–Kier alpha value is -2.46. The summed E-state index contributed by atoms with van der Waals surface area (Å²) in [4.78, 5) is 6.18. The number of aryl methyl sites for hydroxylation is 1. The number of para-hydroxylation sites is 1. The van der Waals surface area contributed by atoms with Crippen LogP contribution in [0.3, 0.4) is 0 Å². The summed E-state index contributed by atoms with van der Waals surface area (Å²) in [6.07, 6.45) is 2.67. The molecule has 0 bridgehead atoms. The fourth-order valence-electron chi connectivity index (χ4n) is 3.11. The van der Waals surface area contributed by atoms with E-state index in [0.29, 0.717) is 24.2 Å². The first-order valence-corrected chi connectivity index (χ1v) is 9.90. The second-order valence-corrected chi connectivity index (χ2v) is 7.26. The summed E-state index contributed by atoms with van der Waals surface area (Å²) in [6.45, 7) is 2.13. The van der Waals surface area contributed by atoms with E-state index >= 15 is 0 Å². The Kier molecular flexibility index (Phi) is 5.58. The highest BCUT2D eigenvalue weighted by Crippen LogP contribution is 2.30. The molecule has 0 atom stereocenters. The maximum Gasteiger partial charge on any atom is 0.319 e. The van der Waals surface area contributed by atoms with Gasteiger partial charge in [-0.2, -0.15) is 8.78 Å². The highest BCUT2D eigenvalue weighted by molar-refractivity contribution is 7.98. The first-order chi connectivity index (χ1) is 13.6. The highest BCUT2D eigenvalue weighted by Gasteiger charge is 2.23. The van der Waals surface area contributed by atoms with Crippen molar-refractivity contribution in [3.63, 3.8) is 0 Å². The van der Waals surface area contributed by atoms with Gasteiger partial charge in [-0.3, -0.25) is 9.13 Å². The van der Waals surface area contributed by atoms with Gasteiger partial charge in [0.15, 0.2) is 5.16 Å². The molecule has 3 aromatic rings. The van der Waals surface area contributed by atoms with E-state index < -0.39 is 6.55 Å². The van der Waals surface area contributed by atoms with Gasteiger partial charge in [-0.25, -0.2) is 4.98 Å². The Morgan fingerprint density at radius 1 is 1.18 bits per heavy atom. The number of alkyl halides is 2. The van der Waals surface area contributed by atoms with Gasteiger partial charge in [0.1, 0.15) is 5.82 Å². The van der Waals surface area contributed by atoms with Crippen molar-refractivity contribution in [2.75, 3.05) is 31.2 Å². The number of thioether (sulfide) groups is 1. The second kappa shape index (κ2) is 8.27. The number of benzene rings is 1. The molecule has 2 aromatic heterocycles. The van der Waals surface area contributed by atoms with Gasteiger partial charge in [-0.05, 0) is 18.6 Å². The zero-order chi connectivity index (χ0) is 19.5. The lowest BCUT2D eigenvalue weighted by Gasteiger charge is -2.28. The molecule has 1 aromatic carbocycles. The van der Waals surface area contributed by atoms with E-state index in [0.717, 1.165) is 34.9 Å². The van der Waals surface area contributed by atoms with Crippen LogP contribution in [0.25, 0.3) is 5.69 Å². The van der Waals surface area contributed by atoms with Crippen molar-refractivity contribution in [1.29, 1.82) is 0 Å². The van der Waals surface area contributed by atoms with Crippen LogP contribution in [0.2, 0.25) is 0 Å². The van der Waals surface area contributed by atoms with Crippen molar-refractivity contribution in [2.45, 2.75) is 24.4 Å². The number of nitrogens with zero attached hydrogens (tertiary/aromatic N) is 6. The standard InChI is InChI=1S/C18H20F2N6OS/c1-13-4-2-3-5-14(13)26-17(24-8-10-27-11-9-24)22-23-18(26)28-12-15-21-6-7-25(15)16(19)20/h2-7,16H,8-12H2,1H3. The fourth-order valence-corrected chi connectivity index (χ4v) is 4.00. The van der Waals surface area contributed by atoms with Gasteiger partial charge in [0.2, 0.25) is 5.95 Å². The molecule has 0 saturated carbocycles. The molecule has 7 nitrogen and oxygen atoms in total. The molecule has 0 radical (unpaired) electrons. The minimum Gasteiger partial charge on any atom is -0.378 e. The van der Waals surface area contributed by atoms with Gasteiger partial charge in [0.05, 0.1) is 24.7 Å². The molecule has 0 unspecified atom stereocenters. The van der Waals surface area contributed by atoms with Gasteiger partial charge >= 0.3 is 6.55 Å². The first-order valence-electron chi connectivity index (χ1n) is 8.92. The molecule has 0 N–H and O–H groups in total. The average Bonchev–Trinajstić information content (AvgIpc) is 3.34. The number of imidazole rings is 1. The van der Waals surface area contributed by atoms with Crippen LogP contribution in [0.15, 0.2) is 41.8 Å². The molecule has 1 saturated heterocycles. The van der Waals surface area contributed by atoms with E-state index in [1.165, 1.54) is 24.2 Å². The normalized spacial score (nSPS) is 14.8. The summed E-state index contributed by atoms with van der Waals surface area (Å²) >= 11 is 1.34. The summed E-state index contributed by atoms with van der Waals surface area (Å²) in [6, 6.07) is 7.97. The van der Waals surface area contributed by atoms with Crippen molar-refractivity contribution >= 4 is 17.7 Å². The predicted octanol–water partition coefficient (Wildman–Crippen LogP) is 3.30. The maximum atomic E-state index is 13.1. The van der Waals surface area contributed by atoms with E-state index in [2.05, 4.69) is 20.1 Å². The number of hydrogen-bond acceptors (Lipinski definition) is 6. The molecular formula is C18H20F2N6OS. The van der Waals surface area contributed by atoms with Crippen molar-refractivity contribution in [3.05, 3.63) is 48.0 Å². The summed E-state index contributed by atoms with van der Waals surface area (Å²) in [5.41, 5.74) is 2.04. The molecule has 4 rings (SSSR count). The third-order valence-corrected chi connectivity index (χ3v) is 5.48. The van der Waals surface area contributed by atoms with Gasteiger partial charge in [0, 0.05) is 25.5 Å². The van der Waals surface area contributed by atoms with Crippen LogP contribution in [-0.2, 0) is 10.5 Å². The van der Waals surface area contributed by atoms with Crippen LogP contribution in [0.5, 0.6) is 0 Å². The van der Waals surface area contributed by atoms with Gasteiger partial charge < -0.3 is 9.64 Å². The quantitative estimate of drug-likeness (QED) is 0.586. The fraction of sp³-hybridized carbons (Fsp3) is 0.389. The lowest BCUT2D eigenvalue weighted by atomic mass is 10.2. The minimum absolute atomic E-state index is 0.268. The molecule has 1 aliphatic rings. The Labute approximate surface area is 165 Å². The summed E-state index contributed by atoms with van der Waals surface area (Å²) < 4.78 is 34.5. The number of halogens is 2. The van der Waals surface area contributed by atoms with Gasteiger partial charge in [0.25, 0.3) is 0 Å². The maximum absolute atomic E-state index is 13.1. The first kappa shape index (κ1) is 18.9. The van der Waals surface area contributed by atoms with Crippen LogP contribution < -0.4 is 4.90 Å². The monoisotopic (exact) mass is 406 g/mol. The van der Waals surface area contributed by atoms with Crippen molar-refractivity contribution in [3.8, 4) is 5.69 Å². The second-order valence-electron chi connectivity index (χ2n) is 6.32. The number of hydrogen-bond donors (Lipinski definition) is 0. The largest absolute Gasteiger partial charge is 0.378 e. The lowest BCUT2D eigenvalue weighted by Crippen LogP contribution is -2.38. The Morgan fingerprint density at radius 3 is 2.71 bits per heavy atom. The molecule has 1 aliphatic heterocycles. The minimum atomic E-state index is -2.61. The van der Waals surface area contributed by atoms with E-state index in [9.17, 15) is 8.78 Å². The molecule has 3 heterocycles. The van der Waals surface area contributed by atoms with Crippen LogP contribution in [-0.4, -0.2) is 50.6 Å². The zero-order valence-corrected chi connectivity index (χ0v) is 16.1. The molecule has 0 spiro atoms. The van der Waals surface area contributed by atoms with Crippen molar-refractivity contribution in [1.82, 2.24) is 24.3 Å². The molecule has 0 amide bonds. The van der Waals surface area contributed by atoms with E-state index in [1.54, 1.807) is 0 Å². The predicted molar refractivity (Wildman–Crippen MR) is 102 cm³/mol. The van der Waals surface area contributed by atoms with E-state index in [-0.39, 0.29) is 5.75 Å². The van der Waals surface area contributed by atoms with Crippen LogP contribution in [0.1, 0.15) is 17.9 Å². The van der Waals surface area contributed by atoms with Gasteiger partial charge in [-0.15, -0.1) is 10.2 Å². The number of aromatic nitrogens is 5. The topological polar surface area (TPSA) is 61.0 Å². The highest BCUT2D eigenvalue weighted by atomic mass is 32.2. The number of ether oxygens (including phenoxy) is 1. The summed E-state index contributed by atoms with van der Waals surface area (Å²) in [5, 5.41) is 9.39. The van der Waals surface area contributed by atoms with Crippen molar-refractivity contribution < 1.29 is 13.5 Å². The van der Waals surface area contributed by atoms with Crippen LogP contribution in [0.4, 0.5) is 14.7 Å². The smallest absolute Gasteiger partial charge is 0.319 e. The Morgan fingerprint density at radius 2 is 1.96 bits per heavy atom. The van der Waals surface area contributed by atoms with E-state index in [1.807, 2.05) is 35.8 Å². The third-order valence-electron chi connectivity index (χ3n) is 4.56. The molecule has 10 heteroatoms. The number of rotatable bonds is 6. The number of anilines is 1. The Balaban J connectivity index is 1.68. The van der Waals surface area contributed by atoms with Gasteiger partial charge in [-0.1, -0.05) is 30.0 Å². The average molecular weight is 406 g/mol. The van der Waals surface area contributed by atoms with Crippen LogP contribution >= 0.6 is 11.8 Å². The van der Waals surface area contributed by atoms with Crippen molar-refractivity contribution in [2.24, 2.45) is 0 Å². The molecule has 1 fully saturated rings. The molecule has 28 heavy (non-hydrogen) atoms. The SMILES string of the molecule is Cc1ccccc1-n1c(SCc2nccn2C(F)F)nnc1N1CCOCC1. The third kappa shape index (κ3) is 3.74. The summed E-state index contributed by atoms with van der Waals surface area (Å²) in [5.74, 6) is 1.30. The molecule has 148 valence electrons. The van der Waals surface area contributed by atoms with Crippen LogP contribution in [0, 0.1) is 6.92 Å². The lowest BCUT2D eigenvalue weighted by molar-refractivity contribution is 0.0678. The molecular weight excluding hydrogens is 386 g/mol.